The number of aryl methyl sites for hydroxylation is 2. The van der Waals surface area contributed by atoms with E-state index in [4.69, 9.17) is 9.47 Å². The molecule has 0 aliphatic heterocycles. The summed E-state index contributed by atoms with van der Waals surface area (Å²) in [5.74, 6) is 0.977. The van der Waals surface area contributed by atoms with Gasteiger partial charge >= 0.3 is 0 Å². The lowest BCUT2D eigenvalue weighted by molar-refractivity contribution is 0.0934. The lowest BCUT2D eigenvalue weighted by Crippen LogP contribution is -2.27. The van der Waals surface area contributed by atoms with E-state index in [2.05, 4.69) is 22.6 Å². The second-order valence-electron chi connectivity index (χ2n) is 7.01. The van der Waals surface area contributed by atoms with Crippen LogP contribution in [0.2, 0.25) is 0 Å². The molecule has 3 rings (SSSR count). The van der Waals surface area contributed by atoms with Gasteiger partial charge in [0.2, 0.25) is 0 Å². The summed E-state index contributed by atoms with van der Waals surface area (Å²) in [6, 6.07) is 11.4. The van der Waals surface area contributed by atoms with Crippen LogP contribution in [0.25, 0.3) is 5.69 Å². The number of carbonyl (C=O) groups is 1. The zero-order chi connectivity index (χ0) is 21.1. The van der Waals surface area contributed by atoms with E-state index in [1.165, 1.54) is 5.56 Å². The van der Waals surface area contributed by atoms with Gasteiger partial charge in [0.05, 0.1) is 31.6 Å². The van der Waals surface area contributed by atoms with Crippen molar-refractivity contribution in [1.29, 1.82) is 0 Å². The lowest BCUT2D eigenvalue weighted by Gasteiger charge is -2.16. The van der Waals surface area contributed by atoms with Gasteiger partial charge in [0.25, 0.3) is 5.91 Å². The molecule has 3 aromatic rings. The Labute approximate surface area is 170 Å². The number of nitrogens with zero attached hydrogens (tertiary/aromatic N) is 3. The Morgan fingerprint density at radius 2 is 1.72 bits per heavy atom. The van der Waals surface area contributed by atoms with Gasteiger partial charge in [0.1, 0.15) is 0 Å². The zero-order valence-electron chi connectivity index (χ0n) is 17.6. The number of rotatable bonds is 6. The third-order valence-electron chi connectivity index (χ3n) is 5.10. The minimum absolute atomic E-state index is 0.242. The molecule has 0 saturated carbocycles. The summed E-state index contributed by atoms with van der Waals surface area (Å²) in [5, 5.41) is 11.3. The van der Waals surface area contributed by atoms with Crippen molar-refractivity contribution < 1.29 is 14.3 Å². The molecule has 1 amide bonds. The fourth-order valence-electron chi connectivity index (χ4n) is 3.11. The Bertz CT molecular complexity index is 1040. The smallest absolute Gasteiger partial charge is 0.274 e. The average Bonchev–Trinajstić information content (AvgIpc) is 3.10. The van der Waals surface area contributed by atoms with Crippen LogP contribution in [0.15, 0.2) is 36.4 Å². The van der Waals surface area contributed by atoms with Gasteiger partial charge in [-0.25, -0.2) is 4.68 Å². The van der Waals surface area contributed by atoms with Gasteiger partial charge < -0.3 is 14.8 Å². The van der Waals surface area contributed by atoms with Crippen molar-refractivity contribution in [3.8, 4) is 17.2 Å². The molecular weight excluding hydrogens is 368 g/mol. The number of hydrogen-bond acceptors (Lipinski definition) is 5. The minimum Gasteiger partial charge on any atom is -0.493 e. The number of ether oxygens (including phenoxy) is 2. The fourth-order valence-corrected chi connectivity index (χ4v) is 3.11. The van der Waals surface area contributed by atoms with Crippen molar-refractivity contribution in [2.45, 2.75) is 33.7 Å². The van der Waals surface area contributed by atoms with Crippen LogP contribution in [0, 0.1) is 20.8 Å². The molecule has 7 heteroatoms. The first-order chi connectivity index (χ1) is 13.8. The predicted molar refractivity (Wildman–Crippen MR) is 111 cm³/mol. The highest BCUT2D eigenvalue weighted by Gasteiger charge is 2.20. The lowest BCUT2D eigenvalue weighted by atomic mass is 10.1. The summed E-state index contributed by atoms with van der Waals surface area (Å²) in [6.45, 7) is 7.85. The Balaban J connectivity index is 1.81. The van der Waals surface area contributed by atoms with E-state index in [-0.39, 0.29) is 11.9 Å². The molecule has 0 aliphatic rings. The van der Waals surface area contributed by atoms with E-state index < -0.39 is 0 Å². The fraction of sp³-hybridized carbons (Fsp3) is 0.318. The molecule has 29 heavy (non-hydrogen) atoms. The van der Waals surface area contributed by atoms with Gasteiger partial charge in [0.15, 0.2) is 17.2 Å². The van der Waals surface area contributed by atoms with Gasteiger partial charge in [-0.2, -0.15) is 0 Å². The van der Waals surface area contributed by atoms with Gasteiger partial charge in [0, 0.05) is 0 Å². The molecule has 0 saturated heterocycles. The van der Waals surface area contributed by atoms with E-state index in [0.717, 1.165) is 16.8 Å². The molecule has 0 unspecified atom stereocenters. The summed E-state index contributed by atoms with van der Waals surface area (Å²) >= 11 is 0. The van der Waals surface area contributed by atoms with E-state index in [1.54, 1.807) is 18.9 Å². The SMILES string of the molecule is COc1ccc([C@H](C)NC(=O)c2nnn(-c3ccc(C)c(C)c3)c2C)cc1OC. The maximum atomic E-state index is 12.8. The Morgan fingerprint density at radius 1 is 1.00 bits per heavy atom. The molecule has 1 aromatic heterocycles. The number of benzene rings is 2. The van der Waals surface area contributed by atoms with Crippen molar-refractivity contribution in [1.82, 2.24) is 20.3 Å². The quantitative estimate of drug-likeness (QED) is 0.690. The normalized spacial score (nSPS) is 11.8. The van der Waals surface area contributed by atoms with Crippen LogP contribution in [-0.4, -0.2) is 35.1 Å². The Hall–Kier alpha value is -3.35. The van der Waals surface area contributed by atoms with E-state index in [9.17, 15) is 4.79 Å². The highest BCUT2D eigenvalue weighted by atomic mass is 16.5. The number of amides is 1. The topological polar surface area (TPSA) is 78.3 Å². The highest BCUT2D eigenvalue weighted by Crippen LogP contribution is 2.30. The third-order valence-corrected chi connectivity index (χ3v) is 5.10. The van der Waals surface area contributed by atoms with Crippen LogP contribution < -0.4 is 14.8 Å². The summed E-state index contributed by atoms with van der Waals surface area (Å²) in [6.07, 6.45) is 0. The monoisotopic (exact) mass is 394 g/mol. The number of aromatic nitrogens is 3. The summed E-state index contributed by atoms with van der Waals surface area (Å²) < 4.78 is 12.3. The molecule has 1 N–H and O–H groups in total. The molecule has 0 bridgehead atoms. The van der Waals surface area contributed by atoms with Gasteiger partial charge in [-0.1, -0.05) is 17.3 Å². The number of nitrogens with one attached hydrogen (secondary N) is 1. The summed E-state index contributed by atoms with van der Waals surface area (Å²) in [4.78, 5) is 12.8. The first kappa shape index (κ1) is 20.4. The van der Waals surface area contributed by atoms with E-state index in [1.807, 2.05) is 57.2 Å². The molecule has 2 aromatic carbocycles. The van der Waals surface area contributed by atoms with Gasteiger partial charge in [-0.15, -0.1) is 5.10 Å². The second-order valence-corrected chi connectivity index (χ2v) is 7.01. The molecule has 0 aliphatic carbocycles. The van der Waals surface area contributed by atoms with Crippen LogP contribution in [-0.2, 0) is 0 Å². The third kappa shape index (κ3) is 4.08. The van der Waals surface area contributed by atoms with Crippen molar-refractivity contribution in [3.63, 3.8) is 0 Å². The molecule has 1 atom stereocenters. The summed E-state index contributed by atoms with van der Waals surface area (Å²) in [7, 11) is 3.17. The van der Waals surface area contributed by atoms with Crippen LogP contribution in [0.1, 0.15) is 45.8 Å². The zero-order valence-corrected chi connectivity index (χ0v) is 17.6. The largest absolute Gasteiger partial charge is 0.493 e. The molecule has 0 radical (unpaired) electrons. The van der Waals surface area contributed by atoms with E-state index in [0.29, 0.717) is 22.9 Å². The highest BCUT2D eigenvalue weighted by molar-refractivity contribution is 5.93. The standard InChI is InChI=1S/C22H26N4O3/c1-13-7-9-18(11-14(13)2)26-16(4)21(24-25-26)22(27)23-15(3)17-8-10-19(28-5)20(12-17)29-6/h7-12,15H,1-6H3,(H,23,27)/t15-/m0/s1. The maximum Gasteiger partial charge on any atom is 0.274 e. The van der Waals surface area contributed by atoms with Crippen LogP contribution in [0.4, 0.5) is 0 Å². The molecular formula is C22H26N4O3. The van der Waals surface area contributed by atoms with Crippen molar-refractivity contribution in [2.75, 3.05) is 14.2 Å². The molecule has 1 heterocycles. The van der Waals surface area contributed by atoms with E-state index >= 15 is 0 Å². The molecule has 0 fully saturated rings. The first-order valence-corrected chi connectivity index (χ1v) is 9.38. The number of carbonyl (C=O) groups excluding carboxylic acids is 1. The predicted octanol–water partition coefficient (Wildman–Crippen LogP) is 3.70. The van der Waals surface area contributed by atoms with Crippen molar-refractivity contribution in [3.05, 3.63) is 64.5 Å². The first-order valence-electron chi connectivity index (χ1n) is 9.38. The Morgan fingerprint density at radius 3 is 2.38 bits per heavy atom. The molecule has 152 valence electrons. The summed E-state index contributed by atoms with van der Waals surface area (Å²) in [5.41, 5.74) is 5.12. The molecule has 7 nitrogen and oxygen atoms in total. The average molecular weight is 394 g/mol. The number of methoxy groups -OCH3 is 2. The maximum absolute atomic E-state index is 12.8. The van der Waals surface area contributed by atoms with Crippen molar-refractivity contribution >= 4 is 5.91 Å². The molecule has 0 spiro atoms. The Kier molecular flexibility index (Phi) is 5.87. The minimum atomic E-state index is -0.278. The van der Waals surface area contributed by atoms with Gasteiger partial charge in [-0.05, 0) is 68.7 Å². The van der Waals surface area contributed by atoms with Crippen molar-refractivity contribution in [2.24, 2.45) is 0 Å². The van der Waals surface area contributed by atoms with Crippen LogP contribution in [0.5, 0.6) is 11.5 Å². The number of hydrogen-bond donors (Lipinski definition) is 1. The van der Waals surface area contributed by atoms with Crippen LogP contribution in [0.3, 0.4) is 0 Å². The second kappa shape index (κ2) is 8.34. The van der Waals surface area contributed by atoms with Gasteiger partial charge in [-0.3, -0.25) is 4.79 Å². The van der Waals surface area contributed by atoms with Crippen LogP contribution >= 0.6 is 0 Å².